The lowest BCUT2D eigenvalue weighted by Gasteiger charge is -2.31. The summed E-state index contributed by atoms with van der Waals surface area (Å²) >= 11 is 0. The SMILES string of the molecule is COC(OC)[SiH2]C(N)(CN)CC(C)C. The first-order valence-corrected chi connectivity index (χ1v) is 6.54. The number of hydrogen-bond acceptors (Lipinski definition) is 4. The van der Waals surface area contributed by atoms with Crippen LogP contribution in [0.25, 0.3) is 0 Å². The third-order valence-corrected chi connectivity index (χ3v) is 4.71. The molecule has 0 aliphatic carbocycles. The molecule has 0 saturated carbocycles. The molecule has 0 radical (unpaired) electrons. The van der Waals surface area contributed by atoms with Crippen molar-refractivity contribution in [3.63, 3.8) is 0 Å². The van der Waals surface area contributed by atoms with Crippen molar-refractivity contribution in [2.45, 2.75) is 31.3 Å². The van der Waals surface area contributed by atoms with Gasteiger partial charge in [-0.2, -0.15) is 0 Å². The summed E-state index contributed by atoms with van der Waals surface area (Å²) in [4.78, 5) is 0. The average molecular weight is 220 g/mol. The maximum Gasteiger partial charge on any atom is 0.136 e. The van der Waals surface area contributed by atoms with Gasteiger partial charge >= 0.3 is 0 Å². The van der Waals surface area contributed by atoms with Crippen LogP contribution in [-0.4, -0.2) is 41.4 Å². The zero-order valence-electron chi connectivity index (χ0n) is 9.75. The van der Waals surface area contributed by atoms with Crippen LogP contribution >= 0.6 is 0 Å². The highest BCUT2D eigenvalue weighted by Gasteiger charge is 2.29. The van der Waals surface area contributed by atoms with E-state index in [2.05, 4.69) is 13.8 Å². The van der Waals surface area contributed by atoms with Gasteiger partial charge in [-0.3, -0.25) is 0 Å². The maximum atomic E-state index is 6.23. The molecule has 1 unspecified atom stereocenters. The van der Waals surface area contributed by atoms with Crippen LogP contribution < -0.4 is 11.5 Å². The highest BCUT2D eigenvalue weighted by Crippen LogP contribution is 2.13. The topological polar surface area (TPSA) is 70.5 Å². The van der Waals surface area contributed by atoms with E-state index < -0.39 is 9.52 Å². The highest BCUT2D eigenvalue weighted by atomic mass is 28.2. The third-order valence-electron chi connectivity index (χ3n) is 2.32. The molecule has 0 aromatic carbocycles. The second kappa shape index (κ2) is 6.52. The van der Waals surface area contributed by atoms with Gasteiger partial charge in [0.15, 0.2) is 0 Å². The molecular weight excluding hydrogens is 196 g/mol. The molecule has 14 heavy (non-hydrogen) atoms. The summed E-state index contributed by atoms with van der Waals surface area (Å²) in [5.41, 5.74) is 11.9. The van der Waals surface area contributed by atoms with Gasteiger partial charge < -0.3 is 20.9 Å². The molecule has 0 bridgehead atoms. The molecule has 4 N–H and O–H groups in total. The van der Waals surface area contributed by atoms with Crippen molar-refractivity contribution in [3.8, 4) is 0 Å². The number of hydrogen-bond donors (Lipinski definition) is 2. The first-order valence-electron chi connectivity index (χ1n) is 5.02. The Kier molecular flexibility index (Phi) is 6.55. The van der Waals surface area contributed by atoms with Crippen LogP contribution in [0.1, 0.15) is 20.3 Å². The van der Waals surface area contributed by atoms with Crippen LogP contribution in [0.15, 0.2) is 0 Å². The van der Waals surface area contributed by atoms with E-state index in [1.54, 1.807) is 14.2 Å². The molecule has 0 aromatic rings. The average Bonchev–Trinajstić information content (AvgIpc) is 2.13. The van der Waals surface area contributed by atoms with Gasteiger partial charge in [0.2, 0.25) is 0 Å². The van der Waals surface area contributed by atoms with Crippen molar-refractivity contribution >= 4 is 9.52 Å². The summed E-state index contributed by atoms with van der Waals surface area (Å²) in [6, 6.07) is 0. The molecule has 0 rings (SSSR count). The first-order chi connectivity index (χ1) is 6.47. The van der Waals surface area contributed by atoms with Gasteiger partial charge in [-0.15, -0.1) is 0 Å². The van der Waals surface area contributed by atoms with E-state index in [0.29, 0.717) is 12.5 Å². The predicted molar refractivity (Wildman–Crippen MR) is 61.8 cm³/mol. The molecular formula is C9H24N2O2Si. The zero-order chi connectivity index (χ0) is 11.2. The van der Waals surface area contributed by atoms with Crippen LogP contribution in [-0.2, 0) is 9.47 Å². The Balaban J connectivity index is 4.22. The first kappa shape index (κ1) is 14.1. The van der Waals surface area contributed by atoms with Crippen molar-refractivity contribution in [2.75, 3.05) is 20.8 Å². The summed E-state index contributed by atoms with van der Waals surface area (Å²) in [6.45, 7) is 4.82. The van der Waals surface area contributed by atoms with Gasteiger partial charge in [0.25, 0.3) is 0 Å². The zero-order valence-corrected chi connectivity index (χ0v) is 11.2. The van der Waals surface area contributed by atoms with E-state index in [1.807, 2.05) is 0 Å². The lowest BCUT2D eigenvalue weighted by Crippen LogP contribution is -2.57. The van der Waals surface area contributed by atoms with Crippen molar-refractivity contribution in [1.29, 1.82) is 0 Å². The van der Waals surface area contributed by atoms with E-state index in [9.17, 15) is 0 Å². The minimum atomic E-state index is -0.692. The Bertz CT molecular complexity index is 154. The largest absolute Gasteiger partial charge is 0.360 e. The number of nitrogens with two attached hydrogens (primary N) is 2. The number of rotatable bonds is 7. The van der Waals surface area contributed by atoms with Crippen molar-refractivity contribution in [1.82, 2.24) is 0 Å². The Morgan fingerprint density at radius 1 is 1.29 bits per heavy atom. The van der Waals surface area contributed by atoms with Crippen molar-refractivity contribution in [3.05, 3.63) is 0 Å². The fourth-order valence-electron chi connectivity index (χ4n) is 1.66. The minimum Gasteiger partial charge on any atom is -0.360 e. The summed E-state index contributed by atoms with van der Waals surface area (Å²) < 4.78 is 10.4. The molecule has 4 nitrogen and oxygen atoms in total. The summed E-state index contributed by atoms with van der Waals surface area (Å²) in [5, 5.41) is -0.245. The quantitative estimate of drug-likeness (QED) is 0.444. The molecule has 0 aliphatic heterocycles. The summed E-state index contributed by atoms with van der Waals surface area (Å²) in [5.74, 6) is 0.438. The van der Waals surface area contributed by atoms with E-state index in [-0.39, 0.29) is 11.1 Å². The molecule has 86 valence electrons. The standard InChI is InChI=1S/C9H24N2O2Si/c1-7(2)5-9(11,6-10)14-8(12-3)13-4/h7-8H,5-6,10-11,14H2,1-4H3. The lowest BCUT2D eigenvalue weighted by molar-refractivity contribution is -0.0461. The van der Waals surface area contributed by atoms with Crippen LogP contribution in [0, 0.1) is 5.92 Å². The monoisotopic (exact) mass is 220 g/mol. The molecule has 0 amide bonds. The van der Waals surface area contributed by atoms with Gasteiger partial charge in [0.05, 0.1) is 0 Å². The Morgan fingerprint density at radius 3 is 2.07 bits per heavy atom. The van der Waals surface area contributed by atoms with E-state index >= 15 is 0 Å². The van der Waals surface area contributed by atoms with Crippen LogP contribution in [0.2, 0.25) is 0 Å². The molecule has 1 atom stereocenters. The summed E-state index contributed by atoms with van der Waals surface area (Å²) in [7, 11) is 2.60. The fourth-order valence-corrected chi connectivity index (χ4v) is 3.57. The third kappa shape index (κ3) is 5.07. The molecule has 0 aliphatic rings. The lowest BCUT2D eigenvalue weighted by atomic mass is 10.0. The predicted octanol–water partition coefficient (Wildman–Crippen LogP) is -0.609. The van der Waals surface area contributed by atoms with Crippen molar-refractivity contribution < 1.29 is 9.47 Å². The van der Waals surface area contributed by atoms with Crippen molar-refractivity contribution in [2.24, 2.45) is 17.4 Å². The van der Waals surface area contributed by atoms with Crippen LogP contribution in [0.5, 0.6) is 0 Å². The van der Waals surface area contributed by atoms with Crippen LogP contribution in [0.3, 0.4) is 0 Å². The highest BCUT2D eigenvalue weighted by molar-refractivity contribution is 6.41. The molecule has 5 heteroatoms. The number of methoxy groups -OCH3 is 2. The van der Waals surface area contributed by atoms with Gasteiger partial charge in [0, 0.05) is 25.9 Å². The normalized spacial score (nSPS) is 17.1. The smallest absolute Gasteiger partial charge is 0.136 e. The molecule has 0 heterocycles. The minimum absolute atomic E-state index is 0.123. The second-order valence-corrected chi connectivity index (χ2v) is 6.75. The summed E-state index contributed by atoms with van der Waals surface area (Å²) in [6.07, 6.45) is 0.943. The Morgan fingerprint density at radius 2 is 1.79 bits per heavy atom. The van der Waals surface area contributed by atoms with Gasteiger partial charge in [-0.1, -0.05) is 13.8 Å². The van der Waals surface area contributed by atoms with E-state index in [4.69, 9.17) is 20.9 Å². The molecule has 0 saturated heterocycles. The van der Waals surface area contributed by atoms with Gasteiger partial charge in [0.1, 0.15) is 15.4 Å². The second-order valence-electron chi connectivity index (χ2n) is 4.27. The van der Waals surface area contributed by atoms with E-state index in [1.165, 1.54) is 0 Å². The Hall–Kier alpha value is 0.0569. The molecule has 0 aromatic heterocycles. The Labute approximate surface area is 89.1 Å². The van der Waals surface area contributed by atoms with E-state index in [0.717, 1.165) is 6.42 Å². The fraction of sp³-hybridized carbons (Fsp3) is 1.00. The number of ether oxygens (including phenoxy) is 2. The van der Waals surface area contributed by atoms with Gasteiger partial charge in [-0.25, -0.2) is 0 Å². The van der Waals surface area contributed by atoms with Crippen LogP contribution in [0.4, 0.5) is 0 Å². The maximum absolute atomic E-state index is 6.23. The molecule has 0 spiro atoms. The van der Waals surface area contributed by atoms with Gasteiger partial charge in [-0.05, 0) is 12.3 Å². The molecule has 0 fully saturated rings.